The molecule has 0 bridgehead atoms. The van der Waals surface area contributed by atoms with Crippen molar-refractivity contribution in [2.24, 2.45) is 0 Å². The van der Waals surface area contributed by atoms with E-state index < -0.39 is 17.5 Å². The first-order valence-corrected chi connectivity index (χ1v) is 11.1. The maximum Gasteiger partial charge on any atom is 0.254 e. The van der Waals surface area contributed by atoms with Gasteiger partial charge in [-0.15, -0.1) is 0 Å². The summed E-state index contributed by atoms with van der Waals surface area (Å²) >= 11 is 0. The smallest absolute Gasteiger partial charge is 0.254 e. The van der Waals surface area contributed by atoms with Gasteiger partial charge in [0, 0.05) is 17.7 Å². The molecule has 3 aromatic carbocycles. The van der Waals surface area contributed by atoms with E-state index in [4.69, 9.17) is 4.74 Å². The quantitative estimate of drug-likeness (QED) is 0.306. The van der Waals surface area contributed by atoms with Crippen molar-refractivity contribution in [1.82, 2.24) is 14.7 Å². The number of aryl methyl sites for hydroxylation is 1. The number of nitrogens with zero attached hydrogens (tertiary/aromatic N) is 3. The summed E-state index contributed by atoms with van der Waals surface area (Å²) in [6.45, 7) is 5.51. The van der Waals surface area contributed by atoms with Gasteiger partial charge in [0.15, 0.2) is 11.6 Å². The first-order chi connectivity index (χ1) is 16.7. The molecule has 0 aliphatic rings. The molecule has 5 nitrogen and oxygen atoms in total. The summed E-state index contributed by atoms with van der Waals surface area (Å²) in [7, 11) is 0. The summed E-state index contributed by atoms with van der Waals surface area (Å²) in [5, 5.41) is 4.58. The van der Waals surface area contributed by atoms with Crippen LogP contribution in [0.25, 0.3) is 5.69 Å². The highest BCUT2D eigenvalue weighted by atomic mass is 19.1. The molecule has 0 radical (unpaired) electrons. The van der Waals surface area contributed by atoms with Crippen LogP contribution < -0.4 is 4.74 Å². The highest BCUT2D eigenvalue weighted by Crippen LogP contribution is 2.33. The highest BCUT2D eigenvalue weighted by Gasteiger charge is 2.26. The van der Waals surface area contributed by atoms with Gasteiger partial charge in [-0.25, -0.2) is 17.9 Å². The van der Waals surface area contributed by atoms with Crippen molar-refractivity contribution >= 4 is 5.91 Å². The number of aromatic nitrogens is 2. The summed E-state index contributed by atoms with van der Waals surface area (Å²) in [6.07, 6.45) is 0. The number of amides is 1. The lowest BCUT2D eigenvalue weighted by Gasteiger charge is -2.27. The zero-order valence-corrected chi connectivity index (χ0v) is 19.5. The SMILES string of the molecule is Cc1nn(-c2ccccc2)c(Oc2ccc(F)cc2F)c1CN(C(=O)c1cccc(F)c1)C(C)C. The molecule has 0 saturated carbocycles. The van der Waals surface area contributed by atoms with E-state index in [0.29, 0.717) is 16.9 Å². The molecule has 180 valence electrons. The zero-order valence-electron chi connectivity index (χ0n) is 19.5. The van der Waals surface area contributed by atoms with Crippen LogP contribution in [0.3, 0.4) is 0 Å². The van der Waals surface area contributed by atoms with Gasteiger partial charge in [-0.3, -0.25) is 4.79 Å². The lowest BCUT2D eigenvalue weighted by atomic mass is 10.1. The molecule has 4 aromatic rings. The van der Waals surface area contributed by atoms with Gasteiger partial charge in [0.2, 0.25) is 5.88 Å². The molecular formula is C27H24F3N3O2. The Morgan fingerprint density at radius 3 is 2.34 bits per heavy atom. The fourth-order valence-corrected chi connectivity index (χ4v) is 3.68. The summed E-state index contributed by atoms with van der Waals surface area (Å²) in [6, 6.07) is 17.4. The first kappa shape index (κ1) is 24.1. The number of hydrogen-bond acceptors (Lipinski definition) is 3. The van der Waals surface area contributed by atoms with Gasteiger partial charge >= 0.3 is 0 Å². The fraction of sp³-hybridized carbons (Fsp3) is 0.185. The van der Waals surface area contributed by atoms with Crippen molar-refractivity contribution in [2.45, 2.75) is 33.4 Å². The largest absolute Gasteiger partial charge is 0.435 e. The lowest BCUT2D eigenvalue weighted by Crippen LogP contribution is -2.36. The highest BCUT2D eigenvalue weighted by molar-refractivity contribution is 5.94. The van der Waals surface area contributed by atoms with Crippen molar-refractivity contribution in [1.29, 1.82) is 0 Å². The van der Waals surface area contributed by atoms with E-state index in [0.717, 1.165) is 12.1 Å². The van der Waals surface area contributed by atoms with E-state index >= 15 is 0 Å². The Balaban J connectivity index is 1.79. The standard InChI is InChI=1S/C27H24F3N3O2/c1-17(2)32(26(34)19-8-7-9-20(28)14-19)16-23-18(3)31-33(22-10-5-4-6-11-22)27(23)35-25-13-12-21(29)15-24(25)30/h4-15,17H,16H2,1-3H3. The molecule has 0 fully saturated rings. The minimum Gasteiger partial charge on any atom is -0.435 e. The Morgan fingerprint density at radius 2 is 1.69 bits per heavy atom. The number of hydrogen-bond donors (Lipinski definition) is 0. The third-order valence-electron chi connectivity index (χ3n) is 5.52. The number of rotatable bonds is 7. The number of halogens is 3. The lowest BCUT2D eigenvalue weighted by molar-refractivity contribution is 0.0688. The number of para-hydroxylation sites is 1. The molecule has 0 N–H and O–H groups in total. The third kappa shape index (κ3) is 5.21. The molecule has 0 saturated heterocycles. The van der Waals surface area contributed by atoms with Crippen molar-refractivity contribution in [2.75, 3.05) is 0 Å². The molecule has 8 heteroatoms. The molecule has 1 amide bonds. The molecule has 0 spiro atoms. The summed E-state index contributed by atoms with van der Waals surface area (Å²) in [5.74, 6) is -2.47. The van der Waals surface area contributed by atoms with Crippen LogP contribution in [0, 0.1) is 24.4 Å². The first-order valence-electron chi connectivity index (χ1n) is 11.1. The van der Waals surface area contributed by atoms with Crippen molar-refractivity contribution in [3.05, 3.63) is 107 Å². The second kappa shape index (κ2) is 10.0. The molecule has 4 rings (SSSR count). The number of ether oxygens (including phenoxy) is 1. The molecule has 0 atom stereocenters. The average Bonchev–Trinajstić information content (AvgIpc) is 3.14. The van der Waals surface area contributed by atoms with Crippen molar-refractivity contribution < 1.29 is 22.7 Å². The van der Waals surface area contributed by atoms with Crippen LogP contribution in [0.5, 0.6) is 11.6 Å². The van der Waals surface area contributed by atoms with E-state index in [-0.39, 0.29) is 35.7 Å². The Bertz CT molecular complexity index is 1350. The maximum absolute atomic E-state index is 14.5. The van der Waals surface area contributed by atoms with Gasteiger partial charge in [-0.05, 0) is 63.2 Å². The van der Waals surface area contributed by atoms with E-state index in [2.05, 4.69) is 5.10 Å². The number of carbonyl (C=O) groups excluding carboxylic acids is 1. The molecule has 35 heavy (non-hydrogen) atoms. The Labute approximate surface area is 201 Å². The normalized spacial score (nSPS) is 11.1. The van der Waals surface area contributed by atoms with Gasteiger partial charge in [0.05, 0.1) is 23.5 Å². The van der Waals surface area contributed by atoms with Crippen molar-refractivity contribution in [3.8, 4) is 17.3 Å². The summed E-state index contributed by atoms with van der Waals surface area (Å²) in [5.41, 5.74) is 1.96. The van der Waals surface area contributed by atoms with E-state index in [9.17, 15) is 18.0 Å². The van der Waals surface area contributed by atoms with Gasteiger partial charge in [-0.1, -0.05) is 24.3 Å². The van der Waals surface area contributed by atoms with Crippen molar-refractivity contribution in [3.63, 3.8) is 0 Å². The summed E-state index contributed by atoms with van der Waals surface area (Å²) in [4.78, 5) is 14.8. The third-order valence-corrected chi connectivity index (χ3v) is 5.52. The van der Waals surface area contributed by atoms with Crippen LogP contribution in [0.1, 0.15) is 35.5 Å². The van der Waals surface area contributed by atoms with Crippen LogP contribution in [0.4, 0.5) is 13.2 Å². The van der Waals surface area contributed by atoms with Crippen LogP contribution in [0.15, 0.2) is 72.8 Å². The summed E-state index contributed by atoms with van der Waals surface area (Å²) < 4.78 is 49.2. The van der Waals surface area contributed by atoms with E-state index in [1.54, 1.807) is 17.9 Å². The molecule has 0 aliphatic carbocycles. The maximum atomic E-state index is 14.5. The molecule has 0 unspecified atom stereocenters. The second-order valence-electron chi connectivity index (χ2n) is 8.33. The van der Waals surface area contributed by atoms with Crippen LogP contribution in [-0.2, 0) is 6.54 Å². The van der Waals surface area contributed by atoms with Crippen LogP contribution in [-0.4, -0.2) is 26.6 Å². The van der Waals surface area contributed by atoms with Gasteiger partial charge < -0.3 is 9.64 Å². The molecular weight excluding hydrogens is 455 g/mol. The van der Waals surface area contributed by atoms with Crippen LogP contribution >= 0.6 is 0 Å². The molecule has 1 heterocycles. The number of benzene rings is 3. The fourth-order valence-electron chi connectivity index (χ4n) is 3.68. The molecule has 1 aromatic heterocycles. The van der Waals surface area contributed by atoms with E-state index in [1.807, 2.05) is 44.2 Å². The van der Waals surface area contributed by atoms with Gasteiger partial charge in [0.1, 0.15) is 11.6 Å². The van der Waals surface area contributed by atoms with E-state index in [1.165, 1.54) is 28.9 Å². The zero-order chi connectivity index (χ0) is 25.1. The topological polar surface area (TPSA) is 47.4 Å². The Kier molecular flexibility index (Phi) is 6.91. The average molecular weight is 480 g/mol. The van der Waals surface area contributed by atoms with Crippen LogP contribution in [0.2, 0.25) is 0 Å². The van der Waals surface area contributed by atoms with Gasteiger partial charge in [-0.2, -0.15) is 5.10 Å². The second-order valence-corrected chi connectivity index (χ2v) is 8.33. The molecule has 0 aliphatic heterocycles. The Hall–Kier alpha value is -4.07. The van der Waals surface area contributed by atoms with Gasteiger partial charge in [0.25, 0.3) is 5.91 Å². The predicted octanol–water partition coefficient (Wildman–Crippen LogP) is 6.44. The minimum atomic E-state index is -0.869. The predicted molar refractivity (Wildman–Crippen MR) is 126 cm³/mol. The minimum absolute atomic E-state index is 0.0732. The number of carbonyl (C=O) groups is 1. The monoisotopic (exact) mass is 479 g/mol. The Morgan fingerprint density at radius 1 is 0.971 bits per heavy atom.